The van der Waals surface area contributed by atoms with Gasteiger partial charge in [0.15, 0.2) is 0 Å². The van der Waals surface area contributed by atoms with Crippen molar-refractivity contribution >= 4 is 11.7 Å². The molecule has 3 N–H and O–H groups in total. The second-order valence-corrected chi connectivity index (χ2v) is 5.67. The maximum atomic E-state index is 11.9. The molecular weight excluding hydrogens is 278 g/mol. The van der Waals surface area contributed by atoms with Crippen molar-refractivity contribution in [1.29, 1.82) is 0 Å². The molecule has 2 unspecified atom stereocenters. The van der Waals surface area contributed by atoms with Gasteiger partial charge < -0.3 is 20.3 Å². The van der Waals surface area contributed by atoms with Gasteiger partial charge in [-0.2, -0.15) is 0 Å². The monoisotopic (exact) mass is 301 g/mol. The van der Waals surface area contributed by atoms with E-state index in [1.807, 2.05) is 60.3 Å². The molecule has 118 valence electrons. The maximum Gasteiger partial charge on any atom is 0.319 e. The summed E-state index contributed by atoms with van der Waals surface area (Å²) < 4.78 is 1.98. The number of anilines is 1. The molecule has 0 saturated heterocycles. The summed E-state index contributed by atoms with van der Waals surface area (Å²) in [6.45, 7) is 4.29. The van der Waals surface area contributed by atoms with Crippen molar-refractivity contribution in [1.82, 2.24) is 9.88 Å². The maximum absolute atomic E-state index is 11.9. The molecule has 1 aromatic heterocycles. The second kappa shape index (κ2) is 7.66. The van der Waals surface area contributed by atoms with Crippen LogP contribution in [0.3, 0.4) is 0 Å². The van der Waals surface area contributed by atoms with Crippen LogP contribution < -0.4 is 10.6 Å². The number of urea groups is 1. The van der Waals surface area contributed by atoms with E-state index in [4.69, 9.17) is 0 Å². The molecule has 1 heterocycles. The number of nitrogens with zero attached hydrogens (tertiary/aromatic N) is 1. The van der Waals surface area contributed by atoms with Crippen molar-refractivity contribution in [2.24, 2.45) is 5.92 Å². The molecule has 5 heteroatoms. The van der Waals surface area contributed by atoms with Gasteiger partial charge in [0.05, 0.1) is 6.10 Å². The smallest absolute Gasteiger partial charge is 0.319 e. The van der Waals surface area contributed by atoms with Crippen molar-refractivity contribution in [2.45, 2.75) is 26.4 Å². The molecule has 22 heavy (non-hydrogen) atoms. The number of nitrogens with one attached hydrogen (secondary N) is 2. The van der Waals surface area contributed by atoms with Crippen LogP contribution in [0.2, 0.25) is 0 Å². The Morgan fingerprint density at radius 1 is 1.23 bits per heavy atom. The van der Waals surface area contributed by atoms with E-state index < -0.39 is 0 Å². The lowest BCUT2D eigenvalue weighted by atomic mass is 10.1. The van der Waals surface area contributed by atoms with E-state index in [2.05, 4.69) is 10.6 Å². The first-order valence-electron chi connectivity index (χ1n) is 7.51. The van der Waals surface area contributed by atoms with Crippen molar-refractivity contribution in [2.75, 3.05) is 11.9 Å². The third-order valence-electron chi connectivity index (χ3n) is 3.36. The number of carbonyl (C=O) groups is 1. The van der Waals surface area contributed by atoms with E-state index in [9.17, 15) is 9.90 Å². The van der Waals surface area contributed by atoms with Gasteiger partial charge >= 0.3 is 6.03 Å². The number of rotatable bonds is 6. The number of aliphatic hydroxyl groups is 1. The van der Waals surface area contributed by atoms with Crippen LogP contribution in [0.25, 0.3) is 5.69 Å². The lowest BCUT2D eigenvalue weighted by molar-refractivity contribution is 0.163. The highest BCUT2D eigenvalue weighted by Gasteiger charge is 2.08. The molecule has 2 aromatic rings. The molecule has 2 rings (SSSR count). The largest absolute Gasteiger partial charge is 0.393 e. The number of benzene rings is 1. The van der Waals surface area contributed by atoms with E-state index in [1.54, 1.807) is 6.92 Å². The van der Waals surface area contributed by atoms with E-state index in [-0.39, 0.29) is 18.1 Å². The van der Waals surface area contributed by atoms with Gasteiger partial charge in [0, 0.05) is 30.3 Å². The summed E-state index contributed by atoms with van der Waals surface area (Å²) in [6, 6.07) is 11.3. The van der Waals surface area contributed by atoms with Gasteiger partial charge in [-0.25, -0.2) is 4.79 Å². The average molecular weight is 301 g/mol. The lowest BCUT2D eigenvalue weighted by Crippen LogP contribution is -2.33. The SMILES string of the molecule is CC(O)CC(C)CNC(=O)Nc1cccc(-n2cccc2)c1. The van der Waals surface area contributed by atoms with Crippen LogP contribution >= 0.6 is 0 Å². The van der Waals surface area contributed by atoms with Gasteiger partial charge in [-0.15, -0.1) is 0 Å². The third kappa shape index (κ3) is 4.93. The van der Waals surface area contributed by atoms with E-state index in [0.717, 1.165) is 11.4 Å². The Morgan fingerprint density at radius 3 is 2.64 bits per heavy atom. The first-order valence-corrected chi connectivity index (χ1v) is 7.51. The van der Waals surface area contributed by atoms with E-state index in [0.29, 0.717) is 13.0 Å². The van der Waals surface area contributed by atoms with Gasteiger partial charge in [0.25, 0.3) is 0 Å². The molecule has 0 aliphatic rings. The molecule has 1 aromatic carbocycles. The molecule has 0 radical (unpaired) electrons. The van der Waals surface area contributed by atoms with Crippen molar-refractivity contribution in [3.63, 3.8) is 0 Å². The van der Waals surface area contributed by atoms with Gasteiger partial charge in [-0.3, -0.25) is 0 Å². The van der Waals surface area contributed by atoms with Crippen LogP contribution in [0.15, 0.2) is 48.8 Å². The average Bonchev–Trinajstić information content (AvgIpc) is 2.99. The highest BCUT2D eigenvalue weighted by atomic mass is 16.3. The zero-order valence-corrected chi connectivity index (χ0v) is 13.0. The third-order valence-corrected chi connectivity index (χ3v) is 3.36. The Hall–Kier alpha value is -2.27. The molecule has 0 fully saturated rings. The highest BCUT2D eigenvalue weighted by Crippen LogP contribution is 2.14. The van der Waals surface area contributed by atoms with Crippen molar-refractivity contribution in [3.05, 3.63) is 48.8 Å². The molecule has 0 aliphatic carbocycles. The normalized spacial score (nSPS) is 13.4. The molecule has 5 nitrogen and oxygen atoms in total. The number of carbonyl (C=O) groups excluding carboxylic acids is 1. The number of amides is 2. The Kier molecular flexibility index (Phi) is 5.61. The number of hydrogen-bond acceptors (Lipinski definition) is 2. The van der Waals surface area contributed by atoms with Crippen LogP contribution in [0.1, 0.15) is 20.3 Å². The Balaban J connectivity index is 1.88. The van der Waals surface area contributed by atoms with Crippen LogP contribution in [0, 0.1) is 5.92 Å². The molecule has 0 saturated carbocycles. The quantitative estimate of drug-likeness (QED) is 0.768. The Morgan fingerprint density at radius 2 is 1.95 bits per heavy atom. The van der Waals surface area contributed by atoms with Crippen LogP contribution in [-0.2, 0) is 0 Å². The van der Waals surface area contributed by atoms with Crippen molar-refractivity contribution < 1.29 is 9.90 Å². The predicted octanol–water partition coefficient (Wildman–Crippen LogP) is 3.01. The number of hydrogen-bond donors (Lipinski definition) is 3. The van der Waals surface area contributed by atoms with Gasteiger partial charge in [-0.1, -0.05) is 13.0 Å². The fourth-order valence-electron chi connectivity index (χ4n) is 2.36. The molecular formula is C17H23N3O2. The van der Waals surface area contributed by atoms with Gasteiger partial charge in [0.1, 0.15) is 0 Å². The zero-order valence-electron chi connectivity index (χ0n) is 13.0. The summed E-state index contributed by atoms with van der Waals surface area (Å²) >= 11 is 0. The fraction of sp³-hybridized carbons (Fsp3) is 0.353. The van der Waals surface area contributed by atoms with E-state index >= 15 is 0 Å². The molecule has 2 amide bonds. The second-order valence-electron chi connectivity index (χ2n) is 5.67. The van der Waals surface area contributed by atoms with Crippen LogP contribution in [0.5, 0.6) is 0 Å². The topological polar surface area (TPSA) is 66.3 Å². The Bertz CT molecular complexity index is 594. The minimum absolute atomic E-state index is 0.233. The summed E-state index contributed by atoms with van der Waals surface area (Å²) in [7, 11) is 0. The lowest BCUT2D eigenvalue weighted by Gasteiger charge is -2.15. The molecule has 0 bridgehead atoms. The number of aliphatic hydroxyl groups excluding tert-OH is 1. The van der Waals surface area contributed by atoms with Gasteiger partial charge in [-0.05, 0) is 49.6 Å². The Labute approximate surface area is 131 Å². The first-order chi connectivity index (χ1) is 10.5. The molecule has 0 spiro atoms. The highest BCUT2D eigenvalue weighted by molar-refractivity contribution is 5.89. The molecule has 2 atom stereocenters. The minimum Gasteiger partial charge on any atom is -0.393 e. The van der Waals surface area contributed by atoms with Crippen LogP contribution in [0.4, 0.5) is 10.5 Å². The predicted molar refractivity (Wildman–Crippen MR) is 88.3 cm³/mol. The number of aromatic nitrogens is 1. The van der Waals surface area contributed by atoms with E-state index in [1.165, 1.54) is 0 Å². The summed E-state index contributed by atoms with van der Waals surface area (Å²) in [5, 5.41) is 15.0. The summed E-state index contributed by atoms with van der Waals surface area (Å²) in [6.07, 6.45) is 4.23. The van der Waals surface area contributed by atoms with Gasteiger partial charge in [0.2, 0.25) is 0 Å². The summed E-state index contributed by atoms with van der Waals surface area (Å²) in [4.78, 5) is 11.9. The fourth-order valence-corrected chi connectivity index (χ4v) is 2.36. The summed E-state index contributed by atoms with van der Waals surface area (Å²) in [5.41, 5.74) is 1.73. The van der Waals surface area contributed by atoms with Crippen molar-refractivity contribution in [3.8, 4) is 5.69 Å². The molecule has 0 aliphatic heterocycles. The van der Waals surface area contributed by atoms with Crippen LogP contribution in [-0.4, -0.2) is 28.4 Å². The summed E-state index contributed by atoms with van der Waals surface area (Å²) in [5.74, 6) is 0.233. The minimum atomic E-state index is -0.349. The standard InChI is InChI=1S/C17H23N3O2/c1-13(10-14(2)21)12-18-17(22)19-15-6-5-7-16(11-15)20-8-3-4-9-20/h3-9,11,13-14,21H,10,12H2,1-2H3,(H2,18,19,22). The first kappa shape index (κ1) is 16.1. The zero-order chi connectivity index (χ0) is 15.9.